The number of carbonyl (C=O) groups is 2. The van der Waals surface area contributed by atoms with Gasteiger partial charge in [0.2, 0.25) is 11.8 Å². The second kappa shape index (κ2) is 4.80. The molecule has 2 rings (SSSR count). The number of hydrogen-bond acceptors (Lipinski definition) is 4. The van der Waals surface area contributed by atoms with Crippen molar-refractivity contribution >= 4 is 11.8 Å². The Morgan fingerprint density at radius 3 is 3.19 bits per heavy atom. The third-order valence-electron chi connectivity index (χ3n) is 2.19. The van der Waals surface area contributed by atoms with Crippen molar-refractivity contribution < 1.29 is 18.7 Å². The van der Waals surface area contributed by atoms with Crippen LogP contribution in [0.2, 0.25) is 0 Å². The number of ether oxygens (including phenoxy) is 1. The van der Waals surface area contributed by atoms with E-state index in [1.807, 2.05) is 0 Å². The van der Waals surface area contributed by atoms with E-state index >= 15 is 0 Å². The van der Waals surface area contributed by atoms with E-state index in [-0.39, 0.29) is 25.0 Å². The minimum atomic E-state index is -0.615. The highest BCUT2D eigenvalue weighted by atomic mass is 16.5. The molecule has 86 valence electrons. The second-order valence-corrected chi connectivity index (χ2v) is 3.43. The first-order valence-electron chi connectivity index (χ1n) is 4.93. The first-order valence-corrected chi connectivity index (χ1v) is 4.93. The van der Waals surface area contributed by atoms with Crippen LogP contribution in [0.15, 0.2) is 22.8 Å². The van der Waals surface area contributed by atoms with Gasteiger partial charge >= 0.3 is 0 Å². The van der Waals surface area contributed by atoms with Crippen LogP contribution in [0, 0.1) is 0 Å². The predicted molar refractivity (Wildman–Crippen MR) is 53.3 cm³/mol. The molecule has 0 spiro atoms. The Hall–Kier alpha value is -1.82. The van der Waals surface area contributed by atoms with E-state index in [0.29, 0.717) is 12.3 Å². The van der Waals surface area contributed by atoms with Crippen molar-refractivity contribution in [1.29, 1.82) is 0 Å². The molecule has 6 heteroatoms. The number of hydrogen-bond donors (Lipinski definition) is 2. The summed E-state index contributed by atoms with van der Waals surface area (Å²) in [5.41, 5.74) is 0. The molecule has 0 bridgehead atoms. The van der Waals surface area contributed by atoms with Crippen LogP contribution in [-0.4, -0.2) is 31.1 Å². The molecule has 2 heterocycles. The molecule has 0 aromatic carbocycles. The van der Waals surface area contributed by atoms with Gasteiger partial charge in [0, 0.05) is 0 Å². The molecular weight excluding hydrogens is 212 g/mol. The van der Waals surface area contributed by atoms with Gasteiger partial charge in [-0.1, -0.05) is 0 Å². The third-order valence-corrected chi connectivity index (χ3v) is 2.19. The van der Waals surface area contributed by atoms with Crippen molar-refractivity contribution in [3.05, 3.63) is 24.2 Å². The van der Waals surface area contributed by atoms with Crippen LogP contribution in [-0.2, 0) is 20.9 Å². The Morgan fingerprint density at radius 1 is 1.62 bits per heavy atom. The summed E-state index contributed by atoms with van der Waals surface area (Å²) >= 11 is 0. The zero-order chi connectivity index (χ0) is 11.4. The fourth-order valence-corrected chi connectivity index (χ4v) is 1.40. The highest BCUT2D eigenvalue weighted by molar-refractivity contribution is 5.88. The molecule has 1 atom stereocenters. The van der Waals surface area contributed by atoms with E-state index in [1.54, 1.807) is 12.1 Å². The minimum Gasteiger partial charge on any atom is -0.467 e. The highest BCUT2D eigenvalue weighted by Gasteiger charge is 2.24. The smallest absolute Gasteiger partial charge is 0.246 e. The van der Waals surface area contributed by atoms with Gasteiger partial charge < -0.3 is 19.8 Å². The van der Waals surface area contributed by atoms with Crippen molar-refractivity contribution in [3.63, 3.8) is 0 Å². The molecule has 16 heavy (non-hydrogen) atoms. The van der Waals surface area contributed by atoms with Crippen LogP contribution < -0.4 is 10.6 Å². The van der Waals surface area contributed by atoms with Crippen molar-refractivity contribution in [2.75, 3.05) is 13.2 Å². The monoisotopic (exact) mass is 224 g/mol. The molecule has 1 aromatic heterocycles. The van der Waals surface area contributed by atoms with E-state index in [0.717, 1.165) is 0 Å². The number of carbonyl (C=O) groups excluding carboxylic acids is 2. The molecule has 1 aliphatic rings. The lowest BCUT2D eigenvalue weighted by Crippen LogP contribution is -2.53. The first-order chi connectivity index (χ1) is 7.75. The van der Waals surface area contributed by atoms with Crippen LogP contribution in [0.5, 0.6) is 0 Å². The Morgan fingerprint density at radius 2 is 2.50 bits per heavy atom. The lowest BCUT2D eigenvalue weighted by Gasteiger charge is -2.22. The van der Waals surface area contributed by atoms with Crippen LogP contribution in [0.3, 0.4) is 0 Å². The van der Waals surface area contributed by atoms with Crippen molar-refractivity contribution in [2.24, 2.45) is 0 Å². The maximum Gasteiger partial charge on any atom is 0.246 e. The molecule has 0 aliphatic carbocycles. The molecule has 6 nitrogen and oxygen atoms in total. The minimum absolute atomic E-state index is 0.0158. The van der Waals surface area contributed by atoms with E-state index < -0.39 is 6.04 Å². The van der Waals surface area contributed by atoms with Gasteiger partial charge in [0.25, 0.3) is 0 Å². The van der Waals surface area contributed by atoms with Gasteiger partial charge in [0.15, 0.2) is 0 Å². The molecule has 1 aliphatic heterocycles. The average molecular weight is 224 g/mol. The molecule has 0 saturated carbocycles. The van der Waals surface area contributed by atoms with Crippen LogP contribution in [0.1, 0.15) is 5.76 Å². The lowest BCUT2D eigenvalue weighted by atomic mass is 10.2. The molecule has 1 aromatic rings. The van der Waals surface area contributed by atoms with Gasteiger partial charge in [-0.2, -0.15) is 0 Å². The summed E-state index contributed by atoms with van der Waals surface area (Å²) in [4.78, 5) is 22.6. The third kappa shape index (κ3) is 2.60. The quantitative estimate of drug-likeness (QED) is 0.719. The van der Waals surface area contributed by atoms with Gasteiger partial charge in [0.1, 0.15) is 18.4 Å². The van der Waals surface area contributed by atoms with Crippen LogP contribution in [0.25, 0.3) is 0 Å². The largest absolute Gasteiger partial charge is 0.467 e. The zero-order valence-corrected chi connectivity index (χ0v) is 8.56. The molecule has 1 fully saturated rings. The van der Waals surface area contributed by atoms with E-state index in [2.05, 4.69) is 10.6 Å². The number of furan rings is 1. The summed E-state index contributed by atoms with van der Waals surface area (Å²) in [5.74, 6) is 0.116. The van der Waals surface area contributed by atoms with Crippen LogP contribution in [0.4, 0.5) is 0 Å². The Bertz CT molecular complexity index is 374. The summed E-state index contributed by atoms with van der Waals surface area (Å²) in [7, 11) is 0. The molecule has 2 N–H and O–H groups in total. The summed E-state index contributed by atoms with van der Waals surface area (Å²) in [5, 5.41) is 5.19. The zero-order valence-electron chi connectivity index (χ0n) is 8.56. The normalized spacial score (nSPS) is 20.2. The van der Waals surface area contributed by atoms with Gasteiger partial charge in [0.05, 0.1) is 19.4 Å². The number of morpholine rings is 1. The molecular formula is C10H12N2O4. The van der Waals surface area contributed by atoms with Gasteiger partial charge in [-0.25, -0.2) is 0 Å². The van der Waals surface area contributed by atoms with Crippen LogP contribution >= 0.6 is 0 Å². The fourth-order valence-electron chi connectivity index (χ4n) is 1.40. The first kappa shape index (κ1) is 10.7. The predicted octanol–water partition coefficient (Wildman–Crippen LogP) is -0.589. The summed E-state index contributed by atoms with van der Waals surface area (Å²) in [6.45, 7) is 0.524. The SMILES string of the molecule is O=C1COCC(C(=O)NCc2ccco2)N1. The average Bonchev–Trinajstić information content (AvgIpc) is 2.78. The summed E-state index contributed by atoms with van der Waals surface area (Å²) in [6, 6.07) is 2.89. The van der Waals surface area contributed by atoms with Gasteiger partial charge in [-0.05, 0) is 12.1 Å². The molecule has 1 unspecified atom stereocenters. The number of amides is 2. The Balaban J connectivity index is 1.81. The molecule has 1 saturated heterocycles. The Kier molecular flexibility index (Phi) is 3.21. The second-order valence-electron chi connectivity index (χ2n) is 3.43. The fraction of sp³-hybridized carbons (Fsp3) is 0.400. The topological polar surface area (TPSA) is 80.6 Å². The maximum absolute atomic E-state index is 11.6. The van der Waals surface area contributed by atoms with Gasteiger partial charge in [-0.15, -0.1) is 0 Å². The van der Waals surface area contributed by atoms with E-state index in [9.17, 15) is 9.59 Å². The lowest BCUT2D eigenvalue weighted by molar-refractivity contribution is -0.138. The summed E-state index contributed by atoms with van der Waals surface area (Å²) < 4.78 is 10.0. The van der Waals surface area contributed by atoms with E-state index in [1.165, 1.54) is 6.26 Å². The van der Waals surface area contributed by atoms with Crippen molar-refractivity contribution in [1.82, 2.24) is 10.6 Å². The van der Waals surface area contributed by atoms with Crippen molar-refractivity contribution in [3.8, 4) is 0 Å². The Labute approximate surface area is 91.9 Å². The summed E-state index contributed by atoms with van der Waals surface area (Å²) in [6.07, 6.45) is 1.53. The standard InChI is InChI=1S/C10H12N2O4/c13-9-6-15-5-8(12-9)10(14)11-4-7-2-1-3-16-7/h1-3,8H,4-6H2,(H,11,14)(H,12,13). The maximum atomic E-state index is 11.6. The van der Waals surface area contributed by atoms with Crippen molar-refractivity contribution in [2.45, 2.75) is 12.6 Å². The van der Waals surface area contributed by atoms with Gasteiger partial charge in [-0.3, -0.25) is 9.59 Å². The number of rotatable bonds is 3. The highest BCUT2D eigenvalue weighted by Crippen LogP contribution is 2.00. The molecule has 0 radical (unpaired) electrons. The molecule has 2 amide bonds. The van der Waals surface area contributed by atoms with E-state index in [4.69, 9.17) is 9.15 Å². The number of nitrogens with one attached hydrogen (secondary N) is 2.